The zero-order valence-electron chi connectivity index (χ0n) is 11.1. The number of rotatable bonds is 2. The van der Waals surface area contributed by atoms with Crippen LogP contribution in [0.1, 0.15) is 28.2 Å². The van der Waals surface area contributed by atoms with Crippen molar-refractivity contribution in [1.82, 2.24) is 25.2 Å². The molecule has 0 saturated heterocycles. The summed E-state index contributed by atoms with van der Waals surface area (Å²) in [6.45, 7) is 4.29. The molecule has 3 N–H and O–H groups in total. The van der Waals surface area contributed by atoms with Gasteiger partial charge in [0.1, 0.15) is 0 Å². The third-order valence-corrected chi connectivity index (χ3v) is 3.25. The number of hydrogen-bond acceptors (Lipinski definition) is 5. The molecule has 2 heterocycles. The normalized spacial score (nSPS) is 16.2. The van der Waals surface area contributed by atoms with Gasteiger partial charge in [-0.05, 0) is 13.3 Å². The van der Waals surface area contributed by atoms with Gasteiger partial charge in [-0.1, -0.05) is 0 Å². The first-order valence-electron chi connectivity index (χ1n) is 6.03. The number of aryl methyl sites for hydroxylation is 1. The Morgan fingerprint density at radius 3 is 2.78 bits per heavy atom. The molecule has 100 valence electrons. The largest absolute Gasteiger partial charge is 0.343 e. The van der Waals surface area contributed by atoms with Crippen molar-refractivity contribution in [3.8, 4) is 0 Å². The molecule has 7 heteroatoms. The van der Waals surface area contributed by atoms with Gasteiger partial charge < -0.3 is 4.90 Å². The Hall–Kier alpha value is -1.44. The van der Waals surface area contributed by atoms with Gasteiger partial charge in [0.2, 0.25) is 0 Å². The smallest absolute Gasteiger partial charge is 0.274 e. The van der Waals surface area contributed by atoms with Crippen LogP contribution >= 0.6 is 0 Å². The average molecular weight is 252 g/mol. The zero-order chi connectivity index (χ0) is 13.3. The van der Waals surface area contributed by atoms with E-state index in [4.69, 9.17) is 5.84 Å². The lowest BCUT2D eigenvalue weighted by atomic mass is 10.2. The molecule has 1 aromatic rings. The highest BCUT2D eigenvalue weighted by Crippen LogP contribution is 2.19. The Bertz CT molecular complexity index is 453. The van der Waals surface area contributed by atoms with Crippen LogP contribution in [0.4, 0.5) is 0 Å². The quantitative estimate of drug-likeness (QED) is 0.547. The summed E-state index contributed by atoms with van der Waals surface area (Å²) >= 11 is 0. The van der Waals surface area contributed by atoms with Gasteiger partial charge in [0.05, 0.1) is 12.2 Å². The minimum atomic E-state index is -0.0552. The average Bonchev–Trinajstić information content (AvgIpc) is 2.53. The lowest BCUT2D eigenvalue weighted by molar-refractivity contribution is 0.0820. The van der Waals surface area contributed by atoms with Crippen molar-refractivity contribution in [1.29, 1.82) is 0 Å². The highest BCUT2D eigenvalue weighted by Gasteiger charge is 2.24. The van der Waals surface area contributed by atoms with E-state index in [1.165, 1.54) is 0 Å². The number of nitrogens with zero attached hydrogens (tertiary/aromatic N) is 4. The molecule has 0 unspecified atom stereocenters. The van der Waals surface area contributed by atoms with Gasteiger partial charge in [-0.3, -0.25) is 15.3 Å². The van der Waals surface area contributed by atoms with Gasteiger partial charge in [0, 0.05) is 32.7 Å². The van der Waals surface area contributed by atoms with Crippen molar-refractivity contribution in [2.24, 2.45) is 5.84 Å². The van der Waals surface area contributed by atoms with E-state index in [9.17, 15) is 4.79 Å². The molecular formula is C11H20N6O. The number of nitrogens with one attached hydrogen (secondary N) is 1. The first-order valence-corrected chi connectivity index (χ1v) is 6.03. The van der Waals surface area contributed by atoms with Crippen LogP contribution in [0.25, 0.3) is 0 Å². The summed E-state index contributed by atoms with van der Waals surface area (Å²) in [4.78, 5) is 13.6. The van der Waals surface area contributed by atoms with Crippen LogP contribution in [0.5, 0.6) is 0 Å². The number of hydrazine groups is 2. The van der Waals surface area contributed by atoms with Crippen molar-refractivity contribution < 1.29 is 4.79 Å². The Labute approximate surface area is 106 Å². The van der Waals surface area contributed by atoms with E-state index < -0.39 is 0 Å². The number of amides is 1. The van der Waals surface area contributed by atoms with E-state index in [1.54, 1.807) is 19.0 Å². The fraction of sp³-hybridized carbons (Fsp3) is 0.636. The fourth-order valence-electron chi connectivity index (χ4n) is 2.17. The maximum atomic E-state index is 12.0. The van der Waals surface area contributed by atoms with E-state index in [2.05, 4.69) is 10.6 Å². The molecule has 0 saturated carbocycles. The summed E-state index contributed by atoms with van der Waals surface area (Å²) in [7, 11) is 3.47. The van der Waals surface area contributed by atoms with E-state index >= 15 is 0 Å². The number of fused-ring (bicyclic) bond motifs is 1. The van der Waals surface area contributed by atoms with Gasteiger partial charge >= 0.3 is 0 Å². The summed E-state index contributed by atoms with van der Waals surface area (Å²) < 4.78 is 1.92. The summed E-state index contributed by atoms with van der Waals surface area (Å²) in [6.07, 6.45) is 0.952. The fourth-order valence-corrected chi connectivity index (χ4v) is 2.17. The molecule has 0 aliphatic carbocycles. The summed E-state index contributed by atoms with van der Waals surface area (Å²) in [5, 5.41) is 6.36. The van der Waals surface area contributed by atoms with Gasteiger partial charge in [0.15, 0.2) is 5.69 Å². The second-order valence-corrected chi connectivity index (χ2v) is 4.75. The number of aromatic nitrogens is 2. The monoisotopic (exact) mass is 252 g/mol. The highest BCUT2D eigenvalue weighted by atomic mass is 16.2. The van der Waals surface area contributed by atoms with Crippen LogP contribution in [-0.2, 0) is 13.1 Å². The molecule has 1 aromatic heterocycles. The predicted octanol–water partition coefficient (Wildman–Crippen LogP) is -0.523. The second kappa shape index (κ2) is 5.05. The Kier molecular flexibility index (Phi) is 3.65. The van der Waals surface area contributed by atoms with Gasteiger partial charge in [-0.15, -0.1) is 0 Å². The van der Waals surface area contributed by atoms with Crippen LogP contribution in [0.3, 0.4) is 0 Å². The Morgan fingerprint density at radius 2 is 2.17 bits per heavy atom. The van der Waals surface area contributed by atoms with Crippen LogP contribution < -0.4 is 11.4 Å². The Balaban J connectivity index is 2.36. The van der Waals surface area contributed by atoms with E-state index in [1.807, 2.05) is 16.6 Å². The molecule has 0 bridgehead atoms. The lowest BCUT2D eigenvalue weighted by Crippen LogP contribution is -2.42. The molecule has 0 aromatic carbocycles. The highest BCUT2D eigenvalue weighted by molar-refractivity contribution is 5.93. The maximum Gasteiger partial charge on any atom is 0.274 e. The molecule has 1 aliphatic heterocycles. The molecule has 2 rings (SSSR count). The third-order valence-electron chi connectivity index (χ3n) is 3.25. The second-order valence-electron chi connectivity index (χ2n) is 4.75. The van der Waals surface area contributed by atoms with Crippen molar-refractivity contribution >= 4 is 5.91 Å². The molecule has 0 radical (unpaired) electrons. The van der Waals surface area contributed by atoms with Crippen molar-refractivity contribution in [2.75, 3.05) is 20.6 Å². The molecular weight excluding hydrogens is 232 g/mol. The van der Waals surface area contributed by atoms with Crippen LogP contribution in [-0.4, -0.2) is 46.2 Å². The molecule has 7 nitrogen and oxygen atoms in total. The SMILES string of the molecule is Cc1c(C(=O)N(C)C)nn2c1CN(NN)CCC2. The van der Waals surface area contributed by atoms with E-state index in [0.29, 0.717) is 12.2 Å². The van der Waals surface area contributed by atoms with Gasteiger partial charge in [-0.2, -0.15) is 10.6 Å². The van der Waals surface area contributed by atoms with E-state index in [-0.39, 0.29) is 5.91 Å². The minimum Gasteiger partial charge on any atom is -0.343 e. The van der Waals surface area contributed by atoms with Crippen LogP contribution in [0.2, 0.25) is 0 Å². The summed E-state index contributed by atoms with van der Waals surface area (Å²) in [6, 6.07) is 0. The van der Waals surface area contributed by atoms with Crippen LogP contribution in [0, 0.1) is 6.92 Å². The predicted molar refractivity (Wildman–Crippen MR) is 67.3 cm³/mol. The first kappa shape index (κ1) is 13.0. The summed E-state index contributed by atoms with van der Waals surface area (Å²) in [5.74, 6) is 5.41. The topological polar surface area (TPSA) is 79.4 Å². The minimum absolute atomic E-state index is 0.0552. The molecule has 0 fully saturated rings. The summed E-state index contributed by atoms with van der Waals surface area (Å²) in [5.41, 5.74) is 5.20. The van der Waals surface area contributed by atoms with E-state index in [0.717, 1.165) is 30.8 Å². The number of nitrogens with two attached hydrogens (primary N) is 1. The molecule has 1 aliphatic rings. The van der Waals surface area contributed by atoms with Crippen LogP contribution in [0.15, 0.2) is 0 Å². The molecule has 1 amide bonds. The third kappa shape index (κ3) is 2.24. The Morgan fingerprint density at radius 1 is 1.44 bits per heavy atom. The number of carbonyl (C=O) groups is 1. The number of hydrogen-bond donors (Lipinski definition) is 2. The maximum absolute atomic E-state index is 12.0. The number of carbonyl (C=O) groups excluding carboxylic acids is 1. The van der Waals surface area contributed by atoms with Gasteiger partial charge in [-0.25, -0.2) is 5.01 Å². The first-order chi connectivity index (χ1) is 8.54. The standard InChI is InChI=1S/C11H20N6O/c1-8-9-7-16(14-12)5-4-6-17(9)13-10(8)11(18)15(2)3/h14H,4-7,12H2,1-3H3. The molecule has 0 atom stereocenters. The molecule has 0 spiro atoms. The van der Waals surface area contributed by atoms with Crippen molar-refractivity contribution in [3.05, 3.63) is 17.0 Å². The lowest BCUT2D eigenvalue weighted by Gasteiger charge is -2.17. The van der Waals surface area contributed by atoms with Crippen molar-refractivity contribution in [2.45, 2.75) is 26.4 Å². The van der Waals surface area contributed by atoms with Gasteiger partial charge in [0.25, 0.3) is 5.91 Å². The molecule has 18 heavy (non-hydrogen) atoms. The van der Waals surface area contributed by atoms with Crippen molar-refractivity contribution in [3.63, 3.8) is 0 Å². The zero-order valence-corrected chi connectivity index (χ0v) is 11.1.